The number of benzene rings is 1. The summed E-state index contributed by atoms with van der Waals surface area (Å²) in [5.41, 5.74) is 1.34. The van der Waals surface area contributed by atoms with Crippen molar-refractivity contribution < 1.29 is 27.1 Å². The molecule has 0 radical (unpaired) electrons. The van der Waals surface area contributed by atoms with Gasteiger partial charge in [0.05, 0.1) is 6.61 Å². The third-order valence-corrected chi connectivity index (χ3v) is 3.30. The molecule has 0 spiro atoms. The van der Waals surface area contributed by atoms with E-state index in [0.29, 0.717) is 28.8 Å². The number of amides is 1. The lowest BCUT2D eigenvalue weighted by molar-refractivity contribution is -0.169. The third-order valence-electron chi connectivity index (χ3n) is 2.84. The summed E-state index contributed by atoms with van der Waals surface area (Å²) in [6, 6.07) is 3.41. The Hall–Kier alpha value is -1.31. The van der Waals surface area contributed by atoms with Crippen LogP contribution in [0.25, 0.3) is 0 Å². The van der Waals surface area contributed by atoms with Gasteiger partial charge >= 0.3 is 12.3 Å². The van der Waals surface area contributed by atoms with Gasteiger partial charge in [0.1, 0.15) is 5.75 Å². The van der Waals surface area contributed by atoms with Crippen LogP contribution in [0, 0.1) is 0 Å². The number of halogens is 5. The van der Waals surface area contributed by atoms with Gasteiger partial charge in [0.2, 0.25) is 0 Å². The van der Waals surface area contributed by atoms with Gasteiger partial charge in [0.15, 0.2) is 0 Å². The van der Waals surface area contributed by atoms with E-state index in [2.05, 4.69) is 15.9 Å². The van der Waals surface area contributed by atoms with Crippen molar-refractivity contribution in [1.29, 1.82) is 0 Å². The van der Waals surface area contributed by atoms with Crippen LogP contribution in [-0.2, 0) is 17.8 Å². The monoisotopic (exact) mass is 355 g/mol. The molecule has 0 fully saturated rings. The summed E-state index contributed by atoms with van der Waals surface area (Å²) in [4.78, 5) is 11.1. The Labute approximate surface area is 120 Å². The normalized spacial score (nSPS) is 14.1. The van der Waals surface area contributed by atoms with E-state index < -0.39 is 18.3 Å². The minimum atomic E-state index is -4.70. The Morgan fingerprint density at radius 1 is 1.45 bits per heavy atom. The summed E-state index contributed by atoms with van der Waals surface area (Å²) in [6.07, 6.45) is -3.37. The second-order valence-corrected chi connectivity index (χ2v) is 5.17. The van der Waals surface area contributed by atoms with Crippen LogP contribution >= 0.6 is 15.9 Å². The number of fused-ring (bicyclic) bond motifs is 1. The SMILES string of the molecule is O=C(NCc1cc(Br)cc2c1OCC2)C(F)(F)C(F)F. The number of hydrogen-bond acceptors (Lipinski definition) is 2. The first kappa shape index (κ1) is 15.1. The van der Waals surface area contributed by atoms with Crippen molar-refractivity contribution in [3.05, 3.63) is 27.7 Å². The van der Waals surface area contributed by atoms with Gasteiger partial charge in [-0.05, 0) is 17.7 Å². The maximum atomic E-state index is 12.8. The quantitative estimate of drug-likeness (QED) is 0.843. The standard InChI is InChI=1S/C12H10BrF4NO2/c13-8-3-6-1-2-20-9(6)7(4-8)5-18-11(19)12(16,17)10(14)15/h3-4,10H,1-2,5H2,(H,18,19). The van der Waals surface area contributed by atoms with Crippen molar-refractivity contribution in [2.45, 2.75) is 25.3 Å². The minimum absolute atomic E-state index is 0.303. The maximum absolute atomic E-state index is 12.8. The molecule has 1 N–H and O–H groups in total. The van der Waals surface area contributed by atoms with Gasteiger partial charge in [-0.15, -0.1) is 0 Å². The molecule has 20 heavy (non-hydrogen) atoms. The molecule has 0 unspecified atom stereocenters. The molecule has 2 rings (SSSR count). The van der Waals surface area contributed by atoms with Crippen LogP contribution in [-0.4, -0.2) is 24.9 Å². The Kier molecular flexibility index (Phi) is 4.22. The number of ether oxygens (including phenoxy) is 1. The summed E-state index contributed by atoms with van der Waals surface area (Å²) in [6.45, 7) is 0.156. The first-order chi connectivity index (χ1) is 9.32. The number of alkyl halides is 4. The molecular weight excluding hydrogens is 346 g/mol. The predicted octanol–water partition coefficient (Wildman–Crippen LogP) is 2.90. The second kappa shape index (κ2) is 5.59. The lowest BCUT2D eigenvalue weighted by Gasteiger charge is -2.16. The van der Waals surface area contributed by atoms with Crippen molar-refractivity contribution in [1.82, 2.24) is 5.32 Å². The number of nitrogens with one attached hydrogen (secondary N) is 1. The average Bonchev–Trinajstić information content (AvgIpc) is 2.82. The number of hydrogen-bond donors (Lipinski definition) is 1. The highest BCUT2D eigenvalue weighted by Crippen LogP contribution is 2.33. The Balaban J connectivity index is 2.11. The molecular formula is C12H10BrF4NO2. The highest BCUT2D eigenvalue weighted by Gasteiger charge is 2.48. The molecule has 3 nitrogen and oxygen atoms in total. The second-order valence-electron chi connectivity index (χ2n) is 4.26. The maximum Gasteiger partial charge on any atom is 0.383 e. The summed E-state index contributed by atoms with van der Waals surface area (Å²) in [7, 11) is 0. The van der Waals surface area contributed by atoms with Crippen LogP contribution in [0.2, 0.25) is 0 Å². The van der Waals surface area contributed by atoms with Crippen LogP contribution in [0.3, 0.4) is 0 Å². The first-order valence-electron chi connectivity index (χ1n) is 5.70. The van der Waals surface area contributed by atoms with Gasteiger partial charge < -0.3 is 10.1 Å². The molecule has 1 aromatic rings. The van der Waals surface area contributed by atoms with Crippen LogP contribution in [0.4, 0.5) is 17.6 Å². The largest absolute Gasteiger partial charge is 0.493 e. The molecule has 1 aromatic carbocycles. The minimum Gasteiger partial charge on any atom is -0.493 e. The van der Waals surface area contributed by atoms with E-state index in [1.54, 1.807) is 6.07 Å². The average molecular weight is 356 g/mol. The zero-order chi connectivity index (χ0) is 14.9. The zero-order valence-corrected chi connectivity index (χ0v) is 11.6. The number of carbonyl (C=O) groups is 1. The van der Waals surface area contributed by atoms with Crippen molar-refractivity contribution >= 4 is 21.8 Å². The number of carbonyl (C=O) groups excluding carboxylic acids is 1. The summed E-state index contributed by atoms with van der Waals surface area (Å²) >= 11 is 3.25. The van der Waals surface area contributed by atoms with Crippen molar-refractivity contribution in [2.24, 2.45) is 0 Å². The van der Waals surface area contributed by atoms with E-state index in [9.17, 15) is 22.4 Å². The van der Waals surface area contributed by atoms with Gasteiger partial charge in [-0.25, -0.2) is 8.78 Å². The molecule has 8 heteroatoms. The fourth-order valence-electron chi connectivity index (χ4n) is 1.87. The van der Waals surface area contributed by atoms with E-state index in [1.807, 2.05) is 11.4 Å². The van der Waals surface area contributed by atoms with E-state index in [1.165, 1.54) is 0 Å². The van der Waals surface area contributed by atoms with Crippen molar-refractivity contribution in [3.8, 4) is 5.75 Å². The fraction of sp³-hybridized carbons (Fsp3) is 0.417. The van der Waals surface area contributed by atoms with E-state index in [4.69, 9.17) is 4.74 Å². The lowest BCUT2D eigenvalue weighted by Crippen LogP contribution is -2.44. The van der Waals surface area contributed by atoms with E-state index >= 15 is 0 Å². The molecule has 0 aromatic heterocycles. The molecule has 0 saturated carbocycles. The summed E-state index contributed by atoms with van der Waals surface area (Å²) < 4.78 is 55.7. The molecule has 0 atom stereocenters. The van der Waals surface area contributed by atoms with Crippen LogP contribution in [0.5, 0.6) is 5.75 Å². The molecule has 0 aliphatic carbocycles. The van der Waals surface area contributed by atoms with E-state index in [-0.39, 0.29) is 6.54 Å². The van der Waals surface area contributed by atoms with Gasteiger partial charge in [-0.1, -0.05) is 15.9 Å². The molecule has 1 amide bonds. The molecule has 110 valence electrons. The summed E-state index contributed by atoms with van der Waals surface area (Å²) in [5.74, 6) is -6.19. The highest BCUT2D eigenvalue weighted by molar-refractivity contribution is 9.10. The van der Waals surface area contributed by atoms with Crippen LogP contribution in [0.1, 0.15) is 11.1 Å². The fourth-order valence-corrected chi connectivity index (χ4v) is 2.42. The molecule has 1 aliphatic heterocycles. The molecule has 1 aliphatic rings. The molecule has 1 heterocycles. The molecule has 0 saturated heterocycles. The Morgan fingerprint density at radius 2 is 2.15 bits per heavy atom. The van der Waals surface area contributed by atoms with Crippen LogP contribution < -0.4 is 10.1 Å². The van der Waals surface area contributed by atoms with Gasteiger partial charge in [-0.3, -0.25) is 4.79 Å². The highest BCUT2D eigenvalue weighted by atomic mass is 79.9. The van der Waals surface area contributed by atoms with E-state index in [0.717, 1.165) is 5.56 Å². The Bertz CT molecular complexity index is 536. The molecule has 0 bridgehead atoms. The smallest absolute Gasteiger partial charge is 0.383 e. The van der Waals surface area contributed by atoms with Gasteiger partial charge in [0.25, 0.3) is 5.91 Å². The Morgan fingerprint density at radius 3 is 2.80 bits per heavy atom. The first-order valence-corrected chi connectivity index (χ1v) is 6.50. The van der Waals surface area contributed by atoms with Crippen molar-refractivity contribution in [2.75, 3.05) is 6.61 Å². The van der Waals surface area contributed by atoms with Gasteiger partial charge in [-0.2, -0.15) is 8.78 Å². The van der Waals surface area contributed by atoms with Crippen LogP contribution in [0.15, 0.2) is 16.6 Å². The van der Waals surface area contributed by atoms with Crippen molar-refractivity contribution in [3.63, 3.8) is 0 Å². The topological polar surface area (TPSA) is 38.3 Å². The zero-order valence-electron chi connectivity index (χ0n) is 10.1. The number of rotatable bonds is 4. The predicted molar refractivity (Wildman–Crippen MR) is 66.1 cm³/mol. The third kappa shape index (κ3) is 2.89. The summed E-state index contributed by atoms with van der Waals surface area (Å²) in [5, 5.41) is 1.81. The van der Waals surface area contributed by atoms with Gasteiger partial charge in [0, 0.05) is 23.0 Å². The lowest BCUT2D eigenvalue weighted by atomic mass is 10.1.